The zero-order valence-electron chi connectivity index (χ0n) is 18.7. The smallest absolute Gasteiger partial charge is 0.269 e. The average molecular weight is 493 g/mol. The second-order valence-electron chi connectivity index (χ2n) is 7.91. The van der Waals surface area contributed by atoms with Crippen LogP contribution in [0.3, 0.4) is 0 Å². The van der Waals surface area contributed by atoms with Crippen LogP contribution in [-0.2, 0) is 4.79 Å². The normalized spacial score (nSPS) is 14.9. The van der Waals surface area contributed by atoms with Gasteiger partial charge in [0.15, 0.2) is 0 Å². The van der Waals surface area contributed by atoms with Gasteiger partial charge in [-0.2, -0.15) is 5.10 Å². The Bertz CT molecular complexity index is 1240. The van der Waals surface area contributed by atoms with Gasteiger partial charge >= 0.3 is 0 Å². The fraction of sp³-hybridized carbons (Fsp3) is 0.240. The van der Waals surface area contributed by atoms with E-state index in [1.165, 1.54) is 23.9 Å². The highest BCUT2D eigenvalue weighted by Gasteiger charge is 2.32. The van der Waals surface area contributed by atoms with Crippen molar-refractivity contribution in [2.45, 2.75) is 32.6 Å². The molecule has 2 heterocycles. The van der Waals surface area contributed by atoms with Gasteiger partial charge in [0.1, 0.15) is 4.32 Å². The fourth-order valence-corrected chi connectivity index (χ4v) is 5.00. The molecule has 0 atom stereocenters. The van der Waals surface area contributed by atoms with Crippen LogP contribution in [0.25, 0.3) is 23.0 Å². The Labute approximate surface area is 207 Å². The van der Waals surface area contributed by atoms with E-state index >= 15 is 0 Å². The number of aromatic nitrogens is 2. The molecule has 0 bridgehead atoms. The van der Waals surface area contributed by atoms with E-state index in [4.69, 9.17) is 17.3 Å². The SMILES string of the molecule is CCCCCCN1C(=O)C(=Cc2cn(-c3ccccc3)nc2-c2ccc([N+](=O)[O-])cc2)SC1=S. The number of nitro groups is 1. The van der Waals surface area contributed by atoms with Crippen LogP contribution in [0.2, 0.25) is 0 Å². The summed E-state index contributed by atoms with van der Waals surface area (Å²) >= 11 is 6.78. The van der Waals surface area contributed by atoms with E-state index in [1.807, 2.05) is 42.6 Å². The van der Waals surface area contributed by atoms with Crippen LogP contribution < -0.4 is 0 Å². The number of nitro benzene ring substituents is 1. The molecule has 1 aliphatic rings. The molecule has 0 radical (unpaired) electrons. The largest absolute Gasteiger partial charge is 0.293 e. The first-order valence-electron chi connectivity index (χ1n) is 11.1. The zero-order chi connectivity index (χ0) is 24.1. The maximum absolute atomic E-state index is 13.1. The molecular formula is C25H24N4O3S2. The lowest BCUT2D eigenvalue weighted by Crippen LogP contribution is -2.29. The minimum absolute atomic E-state index is 0.0109. The molecule has 4 rings (SSSR count). The van der Waals surface area contributed by atoms with Crippen LogP contribution in [0.5, 0.6) is 0 Å². The topological polar surface area (TPSA) is 81.3 Å². The molecule has 174 valence electrons. The number of para-hydroxylation sites is 1. The van der Waals surface area contributed by atoms with Crippen LogP contribution >= 0.6 is 24.0 Å². The van der Waals surface area contributed by atoms with Crippen LogP contribution in [0.4, 0.5) is 5.69 Å². The Morgan fingerprint density at radius 3 is 2.50 bits per heavy atom. The van der Waals surface area contributed by atoms with E-state index in [-0.39, 0.29) is 11.6 Å². The number of carbonyl (C=O) groups excluding carboxylic acids is 1. The summed E-state index contributed by atoms with van der Waals surface area (Å²) in [4.78, 5) is 25.9. The zero-order valence-corrected chi connectivity index (χ0v) is 20.3. The van der Waals surface area contributed by atoms with Gasteiger partial charge in [0.2, 0.25) is 0 Å². The van der Waals surface area contributed by atoms with Crippen molar-refractivity contribution in [1.82, 2.24) is 14.7 Å². The van der Waals surface area contributed by atoms with Crippen molar-refractivity contribution in [2.24, 2.45) is 0 Å². The van der Waals surface area contributed by atoms with Gasteiger partial charge in [-0.3, -0.25) is 19.8 Å². The van der Waals surface area contributed by atoms with Crippen LogP contribution in [0, 0.1) is 10.1 Å². The van der Waals surface area contributed by atoms with E-state index < -0.39 is 4.92 Å². The minimum Gasteiger partial charge on any atom is -0.293 e. The molecule has 1 aliphatic heterocycles. The first kappa shape index (κ1) is 23.8. The van der Waals surface area contributed by atoms with Gasteiger partial charge < -0.3 is 0 Å². The lowest BCUT2D eigenvalue weighted by Gasteiger charge is -2.13. The van der Waals surface area contributed by atoms with Crippen molar-refractivity contribution in [1.29, 1.82) is 0 Å². The molecule has 1 aromatic heterocycles. The molecule has 1 fully saturated rings. The lowest BCUT2D eigenvalue weighted by molar-refractivity contribution is -0.384. The maximum atomic E-state index is 13.1. The summed E-state index contributed by atoms with van der Waals surface area (Å²) in [6, 6.07) is 15.9. The molecule has 0 N–H and O–H groups in total. The summed E-state index contributed by atoms with van der Waals surface area (Å²) in [6.07, 6.45) is 7.94. The highest BCUT2D eigenvalue weighted by atomic mass is 32.2. The molecule has 2 aromatic carbocycles. The number of thioether (sulfide) groups is 1. The summed E-state index contributed by atoms with van der Waals surface area (Å²) < 4.78 is 2.31. The van der Waals surface area contributed by atoms with Crippen molar-refractivity contribution >= 4 is 46.0 Å². The third kappa shape index (κ3) is 5.26. The first-order valence-corrected chi connectivity index (χ1v) is 12.4. The summed E-state index contributed by atoms with van der Waals surface area (Å²) in [5.74, 6) is -0.0893. The van der Waals surface area contributed by atoms with Crippen LogP contribution in [0.1, 0.15) is 38.2 Å². The summed E-state index contributed by atoms with van der Waals surface area (Å²) in [7, 11) is 0. The molecule has 7 nitrogen and oxygen atoms in total. The van der Waals surface area contributed by atoms with Gasteiger partial charge in [0.25, 0.3) is 11.6 Å². The molecule has 1 amide bonds. The van der Waals surface area contributed by atoms with Crippen molar-refractivity contribution in [3.63, 3.8) is 0 Å². The standard InChI is InChI=1S/C25H24N4O3S2/c1-2-3-4-8-15-27-24(30)22(34-25(27)33)16-19-17-28(20-9-6-5-7-10-20)26-23(19)18-11-13-21(14-12-18)29(31)32/h5-7,9-14,16-17H,2-4,8,15H2,1H3. The molecule has 1 saturated heterocycles. The highest BCUT2D eigenvalue weighted by Crippen LogP contribution is 2.35. The molecule has 3 aromatic rings. The molecule has 0 saturated carbocycles. The Hall–Kier alpha value is -3.30. The van der Waals surface area contributed by atoms with E-state index in [0.717, 1.165) is 42.5 Å². The van der Waals surface area contributed by atoms with Gasteiger partial charge in [-0.25, -0.2) is 4.68 Å². The predicted molar refractivity (Wildman–Crippen MR) is 140 cm³/mol. The van der Waals surface area contributed by atoms with Gasteiger partial charge in [-0.1, -0.05) is 68.4 Å². The van der Waals surface area contributed by atoms with E-state index in [1.54, 1.807) is 21.7 Å². The molecule has 0 spiro atoms. The quantitative estimate of drug-likeness (QED) is 0.116. The Morgan fingerprint density at radius 1 is 1.09 bits per heavy atom. The molecule has 34 heavy (non-hydrogen) atoms. The number of hydrogen-bond acceptors (Lipinski definition) is 6. The number of rotatable bonds is 9. The van der Waals surface area contributed by atoms with Gasteiger partial charge in [0.05, 0.1) is 21.2 Å². The van der Waals surface area contributed by atoms with Crippen molar-refractivity contribution in [3.05, 3.63) is 81.4 Å². The third-order valence-electron chi connectivity index (χ3n) is 5.51. The van der Waals surface area contributed by atoms with Crippen molar-refractivity contribution in [3.8, 4) is 16.9 Å². The summed E-state index contributed by atoms with van der Waals surface area (Å²) in [5.41, 5.74) is 2.98. The Morgan fingerprint density at radius 2 is 1.82 bits per heavy atom. The Balaban J connectivity index is 1.68. The molecule has 0 unspecified atom stereocenters. The average Bonchev–Trinajstić information content (AvgIpc) is 3.38. The number of benzene rings is 2. The number of thiocarbonyl (C=S) groups is 1. The minimum atomic E-state index is -0.431. The second-order valence-corrected chi connectivity index (χ2v) is 9.59. The number of nitrogens with zero attached hydrogens (tertiary/aromatic N) is 4. The maximum Gasteiger partial charge on any atom is 0.269 e. The number of amides is 1. The van der Waals surface area contributed by atoms with Gasteiger partial charge in [-0.15, -0.1) is 0 Å². The summed E-state index contributed by atoms with van der Waals surface area (Å²) in [6.45, 7) is 2.78. The lowest BCUT2D eigenvalue weighted by atomic mass is 10.1. The third-order valence-corrected chi connectivity index (χ3v) is 6.89. The molecule has 0 aliphatic carbocycles. The second kappa shape index (κ2) is 10.8. The number of non-ortho nitro benzene ring substituents is 1. The van der Waals surface area contributed by atoms with E-state index in [0.29, 0.717) is 21.5 Å². The molecule has 9 heteroatoms. The van der Waals surface area contributed by atoms with Gasteiger partial charge in [0, 0.05) is 36.0 Å². The van der Waals surface area contributed by atoms with Crippen LogP contribution in [0.15, 0.2) is 65.7 Å². The monoisotopic (exact) mass is 492 g/mol. The van der Waals surface area contributed by atoms with E-state index in [2.05, 4.69) is 6.92 Å². The van der Waals surface area contributed by atoms with Crippen LogP contribution in [-0.4, -0.2) is 36.4 Å². The highest BCUT2D eigenvalue weighted by molar-refractivity contribution is 8.26. The Kier molecular flexibility index (Phi) is 7.54. The molecular weight excluding hydrogens is 468 g/mol. The first-order chi connectivity index (χ1) is 16.5. The number of hydrogen-bond donors (Lipinski definition) is 0. The number of carbonyl (C=O) groups is 1. The summed E-state index contributed by atoms with van der Waals surface area (Å²) in [5, 5.41) is 15.8. The predicted octanol–water partition coefficient (Wildman–Crippen LogP) is 6.23. The van der Waals surface area contributed by atoms with Crippen molar-refractivity contribution in [2.75, 3.05) is 6.54 Å². The number of unbranched alkanes of at least 4 members (excludes halogenated alkanes) is 3. The van der Waals surface area contributed by atoms with Gasteiger partial charge in [-0.05, 0) is 36.8 Å². The fourth-order valence-electron chi connectivity index (χ4n) is 3.70. The van der Waals surface area contributed by atoms with Crippen molar-refractivity contribution < 1.29 is 9.72 Å². The van der Waals surface area contributed by atoms with E-state index in [9.17, 15) is 14.9 Å².